The first-order valence-corrected chi connectivity index (χ1v) is 12.9. The van der Waals surface area contributed by atoms with Crippen molar-refractivity contribution in [3.05, 3.63) is 58.6 Å². The summed E-state index contributed by atoms with van der Waals surface area (Å²) in [5, 5.41) is 0.442. The van der Waals surface area contributed by atoms with Crippen LogP contribution in [0.4, 0.5) is 0 Å². The predicted octanol–water partition coefficient (Wildman–Crippen LogP) is 1.77. The Kier molecular flexibility index (Phi) is 7.07. The molecule has 0 aromatic heterocycles. The molecule has 1 saturated heterocycles. The van der Waals surface area contributed by atoms with Crippen LogP contribution in [-0.4, -0.2) is 64.7 Å². The molecule has 2 aromatic rings. The third-order valence-electron chi connectivity index (χ3n) is 5.24. The molecule has 1 heterocycles. The summed E-state index contributed by atoms with van der Waals surface area (Å²) >= 11 is 5.82. The van der Waals surface area contributed by atoms with Gasteiger partial charge >= 0.3 is 0 Å². The number of carbonyl (C=O) groups is 1. The lowest BCUT2D eigenvalue weighted by Gasteiger charge is -2.34. The van der Waals surface area contributed by atoms with E-state index in [-0.39, 0.29) is 42.5 Å². The Morgan fingerprint density at radius 1 is 0.903 bits per heavy atom. The van der Waals surface area contributed by atoms with Crippen LogP contribution in [0.2, 0.25) is 5.02 Å². The van der Waals surface area contributed by atoms with Gasteiger partial charge in [0.2, 0.25) is 26.0 Å². The molecule has 31 heavy (non-hydrogen) atoms. The van der Waals surface area contributed by atoms with E-state index in [1.165, 1.54) is 39.5 Å². The molecule has 0 spiro atoms. The van der Waals surface area contributed by atoms with Crippen LogP contribution in [0.25, 0.3) is 0 Å². The summed E-state index contributed by atoms with van der Waals surface area (Å²) in [6, 6.07) is 10.7. The van der Waals surface area contributed by atoms with Gasteiger partial charge in [-0.3, -0.25) is 4.79 Å². The average molecular weight is 486 g/mol. The van der Waals surface area contributed by atoms with Gasteiger partial charge in [0, 0.05) is 31.2 Å². The number of nitrogens with zero attached hydrogens (tertiary/aromatic N) is 2. The van der Waals surface area contributed by atoms with Crippen molar-refractivity contribution >= 4 is 37.6 Å². The van der Waals surface area contributed by atoms with E-state index in [1.54, 1.807) is 12.1 Å². The second-order valence-corrected chi connectivity index (χ2v) is 11.5. The van der Waals surface area contributed by atoms with Gasteiger partial charge in [-0.1, -0.05) is 17.7 Å². The van der Waals surface area contributed by atoms with Gasteiger partial charge in [-0.15, -0.1) is 0 Å². The van der Waals surface area contributed by atoms with Gasteiger partial charge < -0.3 is 4.90 Å². The normalized spacial score (nSPS) is 15.8. The number of carbonyl (C=O) groups excluding carboxylic acids is 1. The molecule has 8 nitrogen and oxygen atoms in total. The molecule has 0 saturated carbocycles. The first-order valence-electron chi connectivity index (χ1n) is 9.61. The average Bonchev–Trinajstić information content (AvgIpc) is 2.74. The number of benzene rings is 2. The molecule has 0 bridgehead atoms. The zero-order valence-corrected chi connectivity index (χ0v) is 19.6. The quantitative estimate of drug-likeness (QED) is 0.671. The van der Waals surface area contributed by atoms with Crippen molar-refractivity contribution < 1.29 is 21.6 Å². The standard InChI is InChI=1S/C20H24ClN3O5S2/c1-15-3-6-19(13-16(15)2)30(26,27)22-14-20(25)23-9-11-24(12-10-23)31(28,29)18-7-4-17(21)5-8-18/h3-8,13,22H,9-12,14H2,1-2H3. The van der Waals surface area contributed by atoms with Crippen molar-refractivity contribution in [3.63, 3.8) is 0 Å². The monoisotopic (exact) mass is 485 g/mol. The SMILES string of the molecule is Cc1ccc(S(=O)(=O)NCC(=O)N2CCN(S(=O)(=O)c3ccc(Cl)cc3)CC2)cc1C. The van der Waals surface area contributed by atoms with Gasteiger partial charge in [-0.2, -0.15) is 4.31 Å². The maximum Gasteiger partial charge on any atom is 0.243 e. The zero-order valence-electron chi connectivity index (χ0n) is 17.2. The van der Waals surface area contributed by atoms with Gasteiger partial charge in [0.15, 0.2) is 0 Å². The number of halogens is 1. The fraction of sp³-hybridized carbons (Fsp3) is 0.350. The maximum atomic E-state index is 12.7. The molecular formula is C20H24ClN3O5S2. The minimum absolute atomic E-state index is 0.0993. The fourth-order valence-electron chi connectivity index (χ4n) is 3.17. The highest BCUT2D eigenvalue weighted by Crippen LogP contribution is 2.20. The van der Waals surface area contributed by atoms with Crippen molar-refractivity contribution in [3.8, 4) is 0 Å². The van der Waals surface area contributed by atoms with Crippen molar-refractivity contribution in [2.45, 2.75) is 23.6 Å². The Balaban J connectivity index is 1.57. The van der Waals surface area contributed by atoms with Crippen molar-refractivity contribution in [1.29, 1.82) is 0 Å². The highest BCUT2D eigenvalue weighted by atomic mass is 35.5. The smallest absolute Gasteiger partial charge is 0.243 e. The number of nitrogens with one attached hydrogen (secondary N) is 1. The highest BCUT2D eigenvalue weighted by molar-refractivity contribution is 7.89. The van der Waals surface area contributed by atoms with Gasteiger partial charge in [0.25, 0.3) is 0 Å². The summed E-state index contributed by atoms with van der Waals surface area (Å²) in [5.41, 5.74) is 1.81. The Hall–Kier alpha value is -1.98. The molecule has 11 heteroatoms. The van der Waals surface area contributed by atoms with E-state index in [9.17, 15) is 21.6 Å². The fourth-order valence-corrected chi connectivity index (χ4v) is 5.77. The van der Waals surface area contributed by atoms with Crippen LogP contribution in [0.15, 0.2) is 52.3 Å². The molecule has 0 unspecified atom stereocenters. The number of aryl methyl sites for hydroxylation is 2. The summed E-state index contributed by atoms with van der Waals surface area (Å²) in [5.74, 6) is -0.407. The lowest BCUT2D eigenvalue weighted by molar-refractivity contribution is -0.131. The maximum absolute atomic E-state index is 12.7. The molecule has 3 rings (SSSR count). The van der Waals surface area contributed by atoms with E-state index in [4.69, 9.17) is 11.6 Å². The van der Waals surface area contributed by atoms with Crippen LogP contribution in [0.3, 0.4) is 0 Å². The summed E-state index contributed by atoms with van der Waals surface area (Å²) in [4.78, 5) is 14.2. The molecule has 0 atom stereocenters. The minimum atomic E-state index is -3.82. The van der Waals surface area contributed by atoms with E-state index in [2.05, 4.69) is 4.72 Å². The number of rotatable bonds is 6. The Bertz CT molecular complexity index is 1170. The van der Waals surface area contributed by atoms with Crippen LogP contribution < -0.4 is 4.72 Å². The second-order valence-electron chi connectivity index (χ2n) is 7.31. The molecule has 0 radical (unpaired) electrons. The van der Waals surface area contributed by atoms with E-state index in [0.29, 0.717) is 5.02 Å². The lowest BCUT2D eigenvalue weighted by Crippen LogP contribution is -2.52. The second kappa shape index (κ2) is 9.25. The first-order chi connectivity index (χ1) is 14.5. The van der Waals surface area contributed by atoms with Crippen LogP contribution in [0.5, 0.6) is 0 Å². The Labute approximate surface area is 187 Å². The third kappa shape index (κ3) is 5.45. The third-order valence-corrected chi connectivity index (χ3v) is 8.81. The Morgan fingerprint density at radius 3 is 2.06 bits per heavy atom. The first kappa shape index (κ1) is 23.7. The number of sulfonamides is 2. The van der Waals surface area contributed by atoms with E-state index in [0.717, 1.165) is 11.1 Å². The predicted molar refractivity (Wildman–Crippen MR) is 118 cm³/mol. The molecule has 1 fully saturated rings. The van der Waals surface area contributed by atoms with Crippen molar-refractivity contribution in [2.24, 2.45) is 0 Å². The zero-order chi connectivity index (χ0) is 22.8. The van der Waals surface area contributed by atoms with Crippen LogP contribution in [0.1, 0.15) is 11.1 Å². The summed E-state index contributed by atoms with van der Waals surface area (Å²) in [6.45, 7) is 3.92. The Morgan fingerprint density at radius 2 is 1.48 bits per heavy atom. The van der Waals surface area contributed by atoms with Crippen molar-refractivity contribution in [1.82, 2.24) is 13.9 Å². The minimum Gasteiger partial charge on any atom is -0.339 e. The van der Waals surface area contributed by atoms with Crippen molar-refractivity contribution in [2.75, 3.05) is 32.7 Å². The highest BCUT2D eigenvalue weighted by Gasteiger charge is 2.30. The number of hydrogen-bond donors (Lipinski definition) is 1. The van der Waals surface area contributed by atoms with Crippen LogP contribution in [0, 0.1) is 13.8 Å². The lowest BCUT2D eigenvalue weighted by atomic mass is 10.1. The molecule has 0 aliphatic carbocycles. The molecule has 168 valence electrons. The summed E-state index contributed by atoms with van der Waals surface area (Å²) in [7, 11) is -7.50. The molecule has 1 N–H and O–H groups in total. The van der Waals surface area contributed by atoms with Gasteiger partial charge in [-0.25, -0.2) is 21.6 Å². The molecule has 2 aromatic carbocycles. The van der Waals surface area contributed by atoms with Crippen LogP contribution >= 0.6 is 11.6 Å². The summed E-state index contributed by atoms with van der Waals surface area (Å²) < 4.78 is 54.0. The molecule has 1 amide bonds. The molecular weight excluding hydrogens is 462 g/mol. The topological polar surface area (TPSA) is 104 Å². The van der Waals surface area contributed by atoms with Gasteiger partial charge in [0.05, 0.1) is 16.3 Å². The molecule has 1 aliphatic rings. The molecule has 1 aliphatic heterocycles. The van der Waals surface area contributed by atoms with E-state index < -0.39 is 26.0 Å². The summed E-state index contributed by atoms with van der Waals surface area (Å²) in [6.07, 6.45) is 0. The van der Waals surface area contributed by atoms with E-state index in [1.807, 2.05) is 13.8 Å². The number of hydrogen-bond acceptors (Lipinski definition) is 5. The number of amides is 1. The van der Waals surface area contributed by atoms with Crippen LogP contribution in [-0.2, 0) is 24.8 Å². The van der Waals surface area contributed by atoms with Gasteiger partial charge in [-0.05, 0) is 61.4 Å². The largest absolute Gasteiger partial charge is 0.339 e. The van der Waals surface area contributed by atoms with E-state index >= 15 is 0 Å². The number of piperazine rings is 1. The van der Waals surface area contributed by atoms with Gasteiger partial charge in [0.1, 0.15) is 0 Å².